The fourth-order valence-electron chi connectivity index (χ4n) is 2.25. The molecular weight excluding hydrogens is 314 g/mol. The molecule has 0 heterocycles. The molecule has 1 aromatic rings. The van der Waals surface area contributed by atoms with Crippen LogP contribution in [0.1, 0.15) is 70.4 Å². The van der Waals surface area contributed by atoms with Crippen molar-refractivity contribution in [3.05, 3.63) is 28.2 Å². The normalized spacial score (nSPS) is 12.4. The fourth-order valence-corrected chi connectivity index (χ4v) is 2.63. The number of hydrogen-bond acceptors (Lipinski definition) is 2. The van der Waals surface area contributed by atoms with Gasteiger partial charge in [-0.3, -0.25) is 0 Å². The number of unbranched alkanes of at least 4 members (excludes halogenated alkanes) is 6. The molecule has 0 unspecified atom stereocenters. The number of rotatable bonds is 10. The lowest BCUT2D eigenvalue weighted by molar-refractivity contribution is 0.300. The molecule has 2 N–H and O–H groups in total. The smallest absolute Gasteiger partial charge is 0.124 e. The maximum absolute atomic E-state index is 5.98. The van der Waals surface area contributed by atoms with E-state index in [-0.39, 0.29) is 6.04 Å². The Morgan fingerprint density at radius 2 is 1.75 bits per heavy atom. The molecule has 0 saturated heterocycles. The second-order valence-corrected chi connectivity index (χ2v) is 6.36. The summed E-state index contributed by atoms with van der Waals surface area (Å²) in [6, 6.07) is 6.05. The van der Waals surface area contributed by atoms with Crippen LogP contribution in [0.3, 0.4) is 0 Å². The zero-order valence-electron chi connectivity index (χ0n) is 12.8. The summed E-state index contributed by atoms with van der Waals surface area (Å²) in [7, 11) is 0. The van der Waals surface area contributed by atoms with Crippen molar-refractivity contribution in [2.24, 2.45) is 5.73 Å². The van der Waals surface area contributed by atoms with Crippen LogP contribution in [-0.2, 0) is 0 Å². The van der Waals surface area contributed by atoms with Crippen molar-refractivity contribution >= 4 is 15.9 Å². The lowest BCUT2D eigenvalue weighted by Crippen LogP contribution is -2.08. The van der Waals surface area contributed by atoms with Gasteiger partial charge in [0.2, 0.25) is 0 Å². The molecule has 1 aromatic carbocycles. The molecular formula is C17H28BrNO. The van der Waals surface area contributed by atoms with E-state index in [0.717, 1.165) is 28.8 Å². The van der Waals surface area contributed by atoms with Crippen molar-refractivity contribution in [2.45, 2.75) is 64.8 Å². The summed E-state index contributed by atoms with van der Waals surface area (Å²) in [4.78, 5) is 0. The lowest BCUT2D eigenvalue weighted by atomic mass is 10.1. The average Bonchev–Trinajstić information content (AvgIpc) is 2.43. The van der Waals surface area contributed by atoms with Gasteiger partial charge in [0.1, 0.15) is 5.75 Å². The van der Waals surface area contributed by atoms with Crippen LogP contribution >= 0.6 is 15.9 Å². The van der Waals surface area contributed by atoms with Gasteiger partial charge in [0.25, 0.3) is 0 Å². The van der Waals surface area contributed by atoms with E-state index in [2.05, 4.69) is 22.9 Å². The Kier molecular flexibility index (Phi) is 8.95. The van der Waals surface area contributed by atoms with Gasteiger partial charge in [-0.05, 0) is 31.5 Å². The van der Waals surface area contributed by atoms with E-state index in [0.29, 0.717) is 0 Å². The third-order valence-electron chi connectivity index (χ3n) is 3.47. The monoisotopic (exact) mass is 341 g/mol. The van der Waals surface area contributed by atoms with Crippen molar-refractivity contribution in [1.82, 2.24) is 0 Å². The third kappa shape index (κ3) is 6.76. The Morgan fingerprint density at radius 3 is 2.40 bits per heavy atom. The second kappa shape index (κ2) is 10.2. The van der Waals surface area contributed by atoms with Crippen molar-refractivity contribution in [1.29, 1.82) is 0 Å². The van der Waals surface area contributed by atoms with E-state index >= 15 is 0 Å². The molecule has 0 aliphatic carbocycles. The van der Waals surface area contributed by atoms with Gasteiger partial charge in [-0.2, -0.15) is 0 Å². The minimum Gasteiger partial charge on any atom is -0.493 e. The molecule has 0 spiro atoms. The van der Waals surface area contributed by atoms with Crippen molar-refractivity contribution < 1.29 is 4.74 Å². The van der Waals surface area contributed by atoms with Gasteiger partial charge in [0.05, 0.1) is 6.61 Å². The first-order valence-electron chi connectivity index (χ1n) is 7.83. The Bertz CT molecular complexity index is 379. The van der Waals surface area contributed by atoms with Gasteiger partial charge in [-0.1, -0.05) is 61.4 Å². The molecule has 0 aliphatic heterocycles. The highest BCUT2D eigenvalue weighted by Crippen LogP contribution is 2.27. The van der Waals surface area contributed by atoms with Gasteiger partial charge >= 0.3 is 0 Å². The minimum absolute atomic E-state index is 0.00320. The predicted octanol–water partition coefficient (Wildman–Crippen LogP) is 5.60. The quantitative estimate of drug-likeness (QED) is 0.562. The van der Waals surface area contributed by atoms with Crippen LogP contribution in [-0.4, -0.2) is 6.61 Å². The summed E-state index contributed by atoms with van der Waals surface area (Å²) in [5.74, 6) is 0.925. The maximum Gasteiger partial charge on any atom is 0.124 e. The SMILES string of the molecule is CCCCCCCCCOc1ccc(Br)cc1[C@@H](C)N. The Morgan fingerprint density at radius 1 is 1.10 bits per heavy atom. The van der Waals surface area contributed by atoms with Crippen molar-refractivity contribution in [3.63, 3.8) is 0 Å². The van der Waals surface area contributed by atoms with Gasteiger partial charge in [0, 0.05) is 16.1 Å². The van der Waals surface area contributed by atoms with Gasteiger partial charge in [-0.15, -0.1) is 0 Å². The molecule has 2 nitrogen and oxygen atoms in total. The van der Waals surface area contributed by atoms with Crippen LogP contribution in [0.5, 0.6) is 5.75 Å². The summed E-state index contributed by atoms with van der Waals surface area (Å²) < 4.78 is 6.93. The summed E-state index contributed by atoms with van der Waals surface area (Å²) in [6.07, 6.45) is 9.12. The number of hydrogen-bond donors (Lipinski definition) is 1. The summed E-state index contributed by atoms with van der Waals surface area (Å²) in [5, 5.41) is 0. The average molecular weight is 342 g/mol. The van der Waals surface area contributed by atoms with Crippen LogP contribution in [0.4, 0.5) is 0 Å². The van der Waals surface area contributed by atoms with Gasteiger partial charge < -0.3 is 10.5 Å². The summed E-state index contributed by atoms with van der Waals surface area (Å²) in [5.41, 5.74) is 7.05. The number of benzene rings is 1. The molecule has 0 saturated carbocycles. The molecule has 114 valence electrons. The molecule has 0 bridgehead atoms. The molecule has 1 atom stereocenters. The molecule has 20 heavy (non-hydrogen) atoms. The Balaban J connectivity index is 2.25. The Hall–Kier alpha value is -0.540. The zero-order valence-corrected chi connectivity index (χ0v) is 14.4. The molecule has 0 aliphatic rings. The predicted molar refractivity (Wildman–Crippen MR) is 90.2 cm³/mol. The Labute approximate surface area is 132 Å². The standard InChI is InChI=1S/C17H28BrNO/c1-3-4-5-6-7-8-9-12-20-17-11-10-15(18)13-16(17)14(2)19/h10-11,13-14H,3-9,12,19H2,1-2H3/t14-/m1/s1. The number of ether oxygens (including phenoxy) is 1. The first kappa shape index (κ1) is 17.5. The molecule has 3 heteroatoms. The van der Waals surface area contributed by atoms with E-state index in [1.165, 1.54) is 38.5 Å². The largest absolute Gasteiger partial charge is 0.493 e. The molecule has 0 radical (unpaired) electrons. The van der Waals surface area contributed by atoms with E-state index in [9.17, 15) is 0 Å². The van der Waals surface area contributed by atoms with Gasteiger partial charge in [-0.25, -0.2) is 0 Å². The lowest BCUT2D eigenvalue weighted by Gasteiger charge is -2.14. The zero-order chi connectivity index (χ0) is 14.8. The first-order valence-corrected chi connectivity index (χ1v) is 8.62. The summed E-state index contributed by atoms with van der Waals surface area (Å²) >= 11 is 3.48. The van der Waals surface area contributed by atoms with Crippen LogP contribution in [0.25, 0.3) is 0 Å². The fraction of sp³-hybridized carbons (Fsp3) is 0.647. The minimum atomic E-state index is -0.00320. The molecule has 0 amide bonds. The van der Waals surface area contributed by atoms with Crippen molar-refractivity contribution in [2.75, 3.05) is 6.61 Å². The molecule has 0 aromatic heterocycles. The topological polar surface area (TPSA) is 35.2 Å². The van der Waals surface area contributed by atoms with E-state index < -0.39 is 0 Å². The summed E-state index contributed by atoms with van der Waals surface area (Å²) in [6.45, 7) is 5.03. The van der Waals surface area contributed by atoms with E-state index in [1.807, 2.05) is 25.1 Å². The number of halogens is 1. The first-order chi connectivity index (χ1) is 9.65. The third-order valence-corrected chi connectivity index (χ3v) is 3.96. The second-order valence-electron chi connectivity index (χ2n) is 5.44. The van der Waals surface area contributed by atoms with Crippen LogP contribution in [0.15, 0.2) is 22.7 Å². The van der Waals surface area contributed by atoms with Crippen LogP contribution in [0, 0.1) is 0 Å². The highest BCUT2D eigenvalue weighted by Gasteiger charge is 2.08. The van der Waals surface area contributed by atoms with Crippen LogP contribution < -0.4 is 10.5 Å². The van der Waals surface area contributed by atoms with Gasteiger partial charge in [0.15, 0.2) is 0 Å². The highest BCUT2D eigenvalue weighted by molar-refractivity contribution is 9.10. The van der Waals surface area contributed by atoms with Crippen LogP contribution in [0.2, 0.25) is 0 Å². The van der Waals surface area contributed by atoms with E-state index in [1.54, 1.807) is 0 Å². The van der Waals surface area contributed by atoms with E-state index in [4.69, 9.17) is 10.5 Å². The highest BCUT2D eigenvalue weighted by atomic mass is 79.9. The van der Waals surface area contributed by atoms with Crippen molar-refractivity contribution in [3.8, 4) is 5.75 Å². The number of nitrogens with two attached hydrogens (primary N) is 1. The molecule has 1 rings (SSSR count). The maximum atomic E-state index is 5.98. The molecule has 0 fully saturated rings.